The highest BCUT2D eigenvalue weighted by molar-refractivity contribution is 9.10. The number of carbonyl (C=O) groups excluding carboxylic acids is 1. The second kappa shape index (κ2) is 5.65. The second-order valence-electron chi connectivity index (χ2n) is 3.40. The first-order valence-electron chi connectivity index (χ1n) is 4.76. The standard InChI is InChI=1S/C11H12BrNO3/c1-7(11(15)16)13-10(14)6-8-4-2-3-5-9(8)12/h2-5,7H,6H2,1H3,(H,13,14)(H,15,16)/t7-/m0/s1. The summed E-state index contributed by atoms with van der Waals surface area (Å²) < 4.78 is 0.841. The third kappa shape index (κ3) is 3.66. The molecule has 0 heterocycles. The molecule has 0 radical (unpaired) electrons. The third-order valence-electron chi connectivity index (χ3n) is 2.06. The van der Waals surface area contributed by atoms with Gasteiger partial charge in [-0.25, -0.2) is 0 Å². The molecular formula is C11H12BrNO3. The number of hydrogen-bond acceptors (Lipinski definition) is 2. The quantitative estimate of drug-likeness (QED) is 0.883. The minimum Gasteiger partial charge on any atom is -0.480 e. The summed E-state index contributed by atoms with van der Waals surface area (Å²) in [6.45, 7) is 1.43. The Morgan fingerprint density at radius 2 is 2.06 bits per heavy atom. The first-order chi connectivity index (χ1) is 7.50. The lowest BCUT2D eigenvalue weighted by Gasteiger charge is -2.09. The highest BCUT2D eigenvalue weighted by atomic mass is 79.9. The van der Waals surface area contributed by atoms with Crippen molar-refractivity contribution in [1.29, 1.82) is 0 Å². The average Bonchev–Trinajstić information content (AvgIpc) is 2.21. The number of halogens is 1. The van der Waals surface area contributed by atoms with Gasteiger partial charge in [0.2, 0.25) is 5.91 Å². The predicted molar refractivity (Wildman–Crippen MR) is 63.1 cm³/mol. The van der Waals surface area contributed by atoms with Crippen molar-refractivity contribution in [2.45, 2.75) is 19.4 Å². The zero-order valence-electron chi connectivity index (χ0n) is 8.74. The molecule has 0 aliphatic heterocycles. The van der Waals surface area contributed by atoms with E-state index >= 15 is 0 Å². The molecule has 0 saturated heterocycles. The fourth-order valence-electron chi connectivity index (χ4n) is 1.17. The topological polar surface area (TPSA) is 66.4 Å². The van der Waals surface area contributed by atoms with E-state index in [2.05, 4.69) is 21.2 Å². The maximum absolute atomic E-state index is 11.5. The van der Waals surface area contributed by atoms with Gasteiger partial charge < -0.3 is 10.4 Å². The molecule has 0 saturated carbocycles. The molecule has 16 heavy (non-hydrogen) atoms. The van der Waals surface area contributed by atoms with Crippen molar-refractivity contribution in [3.05, 3.63) is 34.3 Å². The summed E-state index contributed by atoms with van der Waals surface area (Å²) in [5.74, 6) is -1.35. The van der Waals surface area contributed by atoms with Crippen molar-refractivity contribution in [2.75, 3.05) is 0 Å². The molecule has 0 bridgehead atoms. The Morgan fingerprint density at radius 3 is 2.62 bits per heavy atom. The molecule has 0 aliphatic carbocycles. The second-order valence-corrected chi connectivity index (χ2v) is 4.25. The number of rotatable bonds is 4. The van der Waals surface area contributed by atoms with Crippen molar-refractivity contribution in [2.24, 2.45) is 0 Å². The van der Waals surface area contributed by atoms with Crippen molar-refractivity contribution < 1.29 is 14.7 Å². The molecule has 0 fully saturated rings. The molecule has 86 valence electrons. The van der Waals surface area contributed by atoms with Crippen molar-refractivity contribution >= 4 is 27.8 Å². The van der Waals surface area contributed by atoms with E-state index in [-0.39, 0.29) is 12.3 Å². The van der Waals surface area contributed by atoms with E-state index in [9.17, 15) is 9.59 Å². The fraction of sp³-hybridized carbons (Fsp3) is 0.273. The van der Waals surface area contributed by atoms with Gasteiger partial charge in [0.1, 0.15) is 6.04 Å². The van der Waals surface area contributed by atoms with Crippen molar-refractivity contribution in [3.8, 4) is 0 Å². The van der Waals surface area contributed by atoms with Gasteiger partial charge >= 0.3 is 5.97 Å². The van der Waals surface area contributed by atoms with Gasteiger partial charge in [0.15, 0.2) is 0 Å². The van der Waals surface area contributed by atoms with Crippen LogP contribution in [0, 0.1) is 0 Å². The van der Waals surface area contributed by atoms with Crippen LogP contribution in [-0.4, -0.2) is 23.0 Å². The maximum atomic E-state index is 11.5. The molecule has 0 spiro atoms. The van der Waals surface area contributed by atoms with Gasteiger partial charge in [-0.05, 0) is 18.6 Å². The monoisotopic (exact) mass is 285 g/mol. The Morgan fingerprint density at radius 1 is 1.44 bits per heavy atom. The molecule has 1 atom stereocenters. The van der Waals surface area contributed by atoms with E-state index in [1.54, 1.807) is 0 Å². The highest BCUT2D eigenvalue weighted by Gasteiger charge is 2.14. The van der Waals surface area contributed by atoms with Crippen molar-refractivity contribution in [3.63, 3.8) is 0 Å². The minimum absolute atomic E-state index is 0.166. The van der Waals surface area contributed by atoms with E-state index in [0.29, 0.717) is 0 Å². The molecule has 2 N–H and O–H groups in total. The number of amides is 1. The lowest BCUT2D eigenvalue weighted by Crippen LogP contribution is -2.39. The van der Waals surface area contributed by atoms with E-state index < -0.39 is 12.0 Å². The molecule has 0 aliphatic rings. The molecule has 1 rings (SSSR count). The largest absolute Gasteiger partial charge is 0.480 e. The molecule has 1 aromatic carbocycles. The summed E-state index contributed by atoms with van der Waals surface area (Å²) >= 11 is 3.32. The van der Waals surface area contributed by atoms with E-state index in [4.69, 9.17) is 5.11 Å². The number of carboxylic acid groups (broad SMARTS) is 1. The van der Waals surface area contributed by atoms with Crippen LogP contribution in [0.2, 0.25) is 0 Å². The Balaban J connectivity index is 2.59. The first kappa shape index (κ1) is 12.7. The van der Waals surface area contributed by atoms with Crippen LogP contribution in [0.5, 0.6) is 0 Å². The Kier molecular flexibility index (Phi) is 4.49. The molecule has 0 unspecified atom stereocenters. The summed E-state index contributed by atoms with van der Waals surface area (Å²) in [5, 5.41) is 11.0. The molecule has 4 nitrogen and oxygen atoms in total. The lowest BCUT2D eigenvalue weighted by atomic mass is 10.1. The van der Waals surface area contributed by atoms with Crippen LogP contribution in [0.1, 0.15) is 12.5 Å². The normalized spacial score (nSPS) is 11.9. The highest BCUT2D eigenvalue weighted by Crippen LogP contribution is 2.16. The van der Waals surface area contributed by atoms with Crippen LogP contribution in [0.3, 0.4) is 0 Å². The summed E-state index contributed by atoms with van der Waals surface area (Å²) in [6, 6.07) is 6.47. The van der Waals surface area contributed by atoms with E-state index in [0.717, 1.165) is 10.0 Å². The summed E-state index contributed by atoms with van der Waals surface area (Å²) in [7, 11) is 0. The summed E-state index contributed by atoms with van der Waals surface area (Å²) in [5.41, 5.74) is 0.831. The lowest BCUT2D eigenvalue weighted by molar-refractivity contribution is -0.141. The van der Waals surface area contributed by atoms with Gasteiger partial charge in [-0.1, -0.05) is 34.1 Å². The summed E-state index contributed by atoms with van der Waals surface area (Å²) in [6.07, 6.45) is 0.166. The van der Waals surface area contributed by atoms with Crippen LogP contribution < -0.4 is 5.32 Å². The zero-order valence-corrected chi connectivity index (χ0v) is 10.3. The van der Waals surface area contributed by atoms with E-state index in [1.807, 2.05) is 24.3 Å². The summed E-state index contributed by atoms with van der Waals surface area (Å²) in [4.78, 5) is 22.0. The van der Waals surface area contributed by atoms with Crippen LogP contribution >= 0.6 is 15.9 Å². The molecule has 1 aromatic rings. The van der Waals surface area contributed by atoms with Gasteiger partial charge in [-0.2, -0.15) is 0 Å². The SMILES string of the molecule is C[C@H](NC(=O)Cc1ccccc1Br)C(=O)O. The third-order valence-corrected chi connectivity index (χ3v) is 2.83. The van der Waals surface area contributed by atoms with E-state index in [1.165, 1.54) is 6.92 Å². The number of benzene rings is 1. The van der Waals surface area contributed by atoms with Crippen molar-refractivity contribution in [1.82, 2.24) is 5.32 Å². The Hall–Kier alpha value is -1.36. The number of carboxylic acids is 1. The van der Waals surface area contributed by atoms with Gasteiger partial charge in [0.25, 0.3) is 0 Å². The van der Waals surface area contributed by atoms with Gasteiger partial charge in [0, 0.05) is 4.47 Å². The van der Waals surface area contributed by atoms with Crippen LogP contribution in [0.15, 0.2) is 28.7 Å². The maximum Gasteiger partial charge on any atom is 0.325 e. The number of carbonyl (C=O) groups is 2. The molecular weight excluding hydrogens is 274 g/mol. The molecule has 1 amide bonds. The van der Waals surface area contributed by atoms with Gasteiger partial charge in [-0.3, -0.25) is 9.59 Å². The number of nitrogens with one attached hydrogen (secondary N) is 1. The minimum atomic E-state index is -1.04. The molecule has 0 aromatic heterocycles. The zero-order chi connectivity index (χ0) is 12.1. The van der Waals surface area contributed by atoms with Crippen LogP contribution in [0.25, 0.3) is 0 Å². The van der Waals surface area contributed by atoms with Gasteiger partial charge in [0.05, 0.1) is 6.42 Å². The molecule has 5 heteroatoms. The fourth-order valence-corrected chi connectivity index (χ4v) is 1.59. The average molecular weight is 286 g/mol. The Labute approximate surface area is 102 Å². The number of hydrogen-bond donors (Lipinski definition) is 2. The first-order valence-corrected chi connectivity index (χ1v) is 5.55. The van der Waals surface area contributed by atoms with Crippen LogP contribution in [-0.2, 0) is 16.0 Å². The predicted octanol–water partition coefficient (Wildman–Crippen LogP) is 1.58. The van der Waals surface area contributed by atoms with Crippen LogP contribution in [0.4, 0.5) is 0 Å². The number of aliphatic carboxylic acids is 1. The smallest absolute Gasteiger partial charge is 0.325 e. The van der Waals surface area contributed by atoms with Gasteiger partial charge in [-0.15, -0.1) is 0 Å². The Bertz CT molecular complexity index is 406.